The molecule has 3 aromatic heterocycles. The van der Waals surface area contributed by atoms with Gasteiger partial charge >= 0.3 is 0 Å². The Labute approximate surface area is 278 Å². The van der Waals surface area contributed by atoms with Crippen molar-refractivity contribution in [2.45, 2.75) is 0 Å². The third kappa shape index (κ3) is 4.90. The van der Waals surface area contributed by atoms with Crippen molar-refractivity contribution >= 4 is 32.3 Å². The van der Waals surface area contributed by atoms with Gasteiger partial charge in [-0.2, -0.15) is 0 Å². The van der Waals surface area contributed by atoms with E-state index in [2.05, 4.69) is 136 Å². The minimum Gasteiger partial charge on any atom is -0.265 e. The van der Waals surface area contributed by atoms with E-state index in [0.29, 0.717) is 0 Å². The van der Waals surface area contributed by atoms with Gasteiger partial charge in [0.25, 0.3) is 0 Å². The van der Waals surface area contributed by atoms with Crippen LogP contribution in [0.25, 0.3) is 88.0 Å². The fourth-order valence-corrected chi connectivity index (χ4v) is 7.00. The molecule has 3 heteroatoms. The van der Waals surface area contributed by atoms with Gasteiger partial charge in [-0.3, -0.25) is 15.0 Å². The average Bonchev–Trinajstić information content (AvgIpc) is 3.17. The van der Waals surface area contributed by atoms with Gasteiger partial charge in [-0.15, -0.1) is 0 Å². The van der Waals surface area contributed by atoms with Crippen LogP contribution in [0.5, 0.6) is 0 Å². The first kappa shape index (κ1) is 27.8. The van der Waals surface area contributed by atoms with Crippen molar-refractivity contribution in [2.75, 3.05) is 0 Å². The molecule has 3 heterocycles. The van der Waals surface area contributed by atoms with Gasteiger partial charge in [0.1, 0.15) is 0 Å². The van der Waals surface area contributed by atoms with Crippen molar-refractivity contribution in [3.05, 3.63) is 177 Å². The molecule has 0 unspecified atom stereocenters. The largest absolute Gasteiger partial charge is 0.265 e. The Morgan fingerprint density at radius 1 is 0.271 bits per heavy atom. The molecule has 9 aromatic rings. The van der Waals surface area contributed by atoms with Crippen molar-refractivity contribution < 1.29 is 0 Å². The first-order valence-corrected chi connectivity index (χ1v) is 16.1. The van der Waals surface area contributed by atoms with Crippen molar-refractivity contribution in [3.8, 4) is 55.6 Å². The summed E-state index contributed by atoms with van der Waals surface area (Å²) in [6.45, 7) is 0. The third-order valence-corrected chi connectivity index (χ3v) is 9.31. The summed E-state index contributed by atoms with van der Waals surface area (Å²) in [5, 5.41) is 7.40. The molecule has 0 spiro atoms. The average molecular weight is 612 g/mol. The predicted octanol–water partition coefficient (Wildman–Crippen LogP) is 11.7. The Bertz CT molecular complexity index is 2540. The highest BCUT2D eigenvalue weighted by Crippen LogP contribution is 2.44. The van der Waals surface area contributed by atoms with E-state index >= 15 is 0 Å². The summed E-state index contributed by atoms with van der Waals surface area (Å²) in [4.78, 5) is 13.1. The molecule has 0 saturated heterocycles. The Morgan fingerprint density at radius 3 is 1.42 bits per heavy atom. The number of pyridine rings is 3. The molecule has 224 valence electrons. The van der Waals surface area contributed by atoms with Gasteiger partial charge in [-0.25, -0.2) is 0 Å². The van der Waals surface area contributed by atoms with E-state index in [1.54, 1.807) is 0 Å². The number of nitrogens with zero attached hydrogens (tertiary/aromatic N) is 3. The van der Waals surface area contributed by atoms with Crippen LogP contribution >= 0.6 is 0 Å². The number of benzene rings is 6. The molecule has 0 atom stereocenters. The van der Waals surface area contributed by atoms with Gasteiger partial charge in [0.15, 0.2) is 0 Å². The lowest BCUT2D eigenvalue weighted by atomic mass is 9.85. The smallest absolute Gasteiger partial charge is 0.0346 e. The van der Waals surface area contributed by atoms with Gasteiger partial charge in [0.05, 0.1) is 0 Å². The molecule has 0 aliphatic rings. The molecule has 0 amide bonds. The van der Waals surface area contributed by atoms with Crippen molar-refractivity contribution in [3.63, 3.8) is 0 Å². The molecule has 0 saturated carbocycles. The number of hydrogen-bond donors (Lipinski definition) is 0. The van der Waals surface area contributed by atoms with Gasteiger partial charge in [0, 0.05) is 53.9 Å². The lowest BCUT2D eigenvalue weighted by Crippen LogP contribution is -1.91. The second kappa shape index (κ2) is 11.7. The van der Waals surface area contributed by atoms with Crippen LogP contribution < -0.4 is 0 Å². The molecule has 0 N–H and O–H groups in total. The Kier molecular flexibility index (Phi) is 6.80. The quantitative estimate of drug-likeness (QED) is 0.182. The lowest BCUT2D eigenvalue weighted by molar-refractivity contribution is 1.30. The minimum atomic E-state index is 1.08. The normalized spacial score (nSPS) is 11.3. The van der Waals surface area contributed by atoms with Crippen LogP contribution in [0.15, 0.2) is 177 Å². The van der Waals surface area contributed by atoms with Gasteiger partial charge in [-0.05, 0) is 108 Å². The first-order valence-electron chi connectivity index (χ1n) is 16.1. The third-order valence-electron chi connectivity index (χ3n) is 9.31. The number of hydrogen-bond acceptors (Lipinski definition) is 3. The molecule has 6 aromatic carbocycles. The Morgan fingerprint density at radius 2 is 0.792 bits per heavy atom. The zero-order valence-corrected chi connectivity index (χ0v) is 26.1. The summed E-state index contributed by atoms with van der Waals surface area (Å²) < 4.78 is 0. The van der Waals surface area contributed by atoms with Crippen molar-refractivity contribution in [1.82, 2.24) is 15.0 Å². The molecule has 0 bridgehead atoms. The van der Waals surface area contributed by atoms with Crippen LogP contribution in [0, 0.1) is 0 Å². The second-order valence-corrected chi connectivity index (χ2v) is 12.1. The molecule has 3 nitrogen and oxygen atoms in total. The van der Waals surface area contributed by atoms with E-state index in [4.69, 9.17) is 0 Å². The van der Waals surface area contributed by atoms with E-state index in [-0.39, 0.29) is 0 Å². The maximum atomic E-state index is 4.55. The van der Waals surface area contributed by atoms with Crippen LogP contribution in [0.2, 0.25) is 0 Å². The SMILES string of the molecule is c1cncc(-c2ccc3ccc(-c4c5ccccc5c(-c5ccc(-c6cncc(-c7ccncc7)c6)cc5)c5ccccc45)cc3c2)c1. The fourth-order valence-electron chi connectivity index (χ4n) is 7.00. The van der Waals surface area contributed by atoms with Crippen molar-refractivity contribution in [2.24, 2.45) is 0 Å². The van der Waals surface area contributed by atoms with E-state index in [1.165, 1.54) is 60.1 Å². The summed E-state index contributed by atoms with van der Waals surface area (Å²) in [7, 11) is 0. The maximum absolute atomic E-state index is 4.55. The zero-order valence-electron chi connectivity index (χ0n) is 26.1. The molecular weight excluding hydrogens is 583 g/mol. The van der Waals surface area contributed by atoms with Crippen LogP contribution in [0.1, 0.15) is 0 Å². The highest BCUT2D eigenvalue weighted by atomic mass is 14.6. The molecular formula is C45H29N3. The van der Waals surface area contributed by atoms with Gasteiger partial charge < -0.3 is 0 Å². The van der Waals surface area contributed by atoms with E-state index in [0.717, 1.165) is 27.8 Å². The van der Waals surface area contributed by atoms with Crippen molar-refractivity contribution in [1.29, 1.82) is 0 Å². The van der Waals surface area contributed by atoms with Gasteiger partial charge in [0.2, 0.25) is 0 Å². The summed E-state index contributed by atoms with van der Waals surface area (Å²) in [6.07, 6.45) is 11.2. The minimum absolute atomic E-state index is 1.08. The summed E-state index contributed by atoms with van der Waals surface area (Å²) in [5.41, 5.74) is 11.6. The molecule has 0 aliphatic carbocycles. The predicted molar refractivity (Wildman–Crippen MR) is 200 cm³/mol. The van der Waals surface area contributed by atoms with Crippen LogP contribution in [-0.2, 0) is 0 Å². The first-order chi connectivity index (χ1) is 23.8. The highest BCUT2D eigenvalue weighted by Gasteiger charge is 2.17. The highest BCUT2D eigenvalue weighted by molar-refractivity contribution is 6.21. The standard InChI is InChI=1S/C45H29N3/c1-3-9-42-40(7-1)44(33-15-11-31(12-16-33)38-26-39(29-48-28-38)32-19-22-46-23-20-32)41-8-2-4-10-43(41)45(42)35-18-14-30-13-17-34(24-37(30)25-35)36-6-5-21-47-27-36/h1-29H. The van der Waals surface area contributed by atoms with Gasteiger partial charge in [-0.1, -0.05) is 103 Å². The monoisotopic (exact) mass is 611 g/mol. The summed E-state index contributed by atoms with van der Waals surface area (Å²) >= 11 is 0. The van der Waals surface area contributed by atoms with E-state index in [1.807, 2.05) is 55.4 Å². The molecule has 48 heavy (non-hydrogen) atoms. The van der Waals surface area contributed by atoms with Crippen LogP contribution in [-0.4, -0.2) is 15.0 Å². The van der Waals surface area contributed by atoms with Crippen LogP contribution in [0.3, 0.4) is 0 Å². The molecule has 9 rings (SSSR count). The zero-order chi connectivity index (χ0) is 31.9. The molecule has 0 fully saturated rings. The summed E-state index contributed by atoms with van der Waals surface area (Å²) in [5.74, 6) is 0. The molecule has 0 radical (unpaired) electrons. The topological polar surface area (TPSA) is 38.7 Å². The number of fused-ring (bicyclic) bond motifs is 3. The van der Waals surface area contributed by atoms with E-state index < -0.39 is 0 Å². The molecule has 0 aliphatic heterocycles. The summed E-state index contributed by atoms with van der Waals surface area (Å²) in [6, 6.07) is 50.4. The maximum Gasteiger partial charge on any atom is 0.0346 e. The van der Waals surface area contributed by atoms with E-state index in [9.17, 15) is 0 Å². The second-order valence-electron chi connectivity index (χ2n) is 12.1. The number of rotatable bonds is 5. The lowest BCUT2D eigenvalue weighted by Gasteiger charge is -2.18. The fraction of sp³-hybridized carbons (Fsp3) is 0. The van der Waals surface area contributed by atoms with Crippen LogP contribution in [0.4, 0.5) is 0 Å². The number of aromatic nitrogens is 3. The Hall–Kier alpha value is -6.45. The Balaban J connectivity index is 1.18.